The molecule has 9 nitrogen and oxygen atoms in total. The van der Waals surface area contributed by atoms with E-state index in [-0.39, 0.29) is 12.3 Å². The molecule has 0 aromatic rings. The number of hydrogen-bond donors (Lipinski definition) is 9. The zero-order chi connectivity index (χ0) is 20.8. The van der Waals surface area contributed by atoms with E-state index in [2.05, 4.69) is 22.5 Å². The molecule has 29 heavy (non-hydrogen) atoms. The van der Waals surface area contributed by atoms with Crippen molar-refractivity contribution >= 4 is 0 Å². The molecule has 0 atom stereocenters. The van der Waals surface area contributed by atoms with Crippen molar-refractivity contribution in [3.63, 3.8) is 0 Å². The smallest absolute Gasteiger partial charge is 0.00369 e. The highest BCUT2D eigenvalue weighted by Gasteiger charge is 1.89. The normalized spacial score (nSPS) is 9.14. The molecule has 0 aromatic carbocycles. The Bertz CT molecular complexity index is 212. The Balaban J connectivity index is -0.000000113. The lowest BCUT2D eigenvalue weighted by Gasteiger charge is -2.04. The van der Waals surface area contributed by atoms with Gasteiger partial charge in [-0.1, -0.05) is 6.08 Å². The molecule has 0 aliphatic heterocycles. The second kappa shape index (κ2) is 45.9. The summed E-state index contributed by atoms with van der Waals surface area (Å²) >= 11 is 0. The standard InChI is InChI=1S/C10H26N4.C7H19N3.C3H6.2H3N/c11-5-3-9-13-7-1-2-8-14-10-4-6-12;8-4-1-2-6-10-7-3-5-9;1-3-2;;/h13-14H,1-12H2;10H,1-9H2;3H,1H2,2H3;2*1H3. The van der Waals surface area contributed by atoms with E-state index in [1.165, 1.54) is 19.3 Å². The van der Waals surface area contributed by atoms with Gasteiger partial charge in [-0.25, -0.2) is 0 Å². The fraction of sp³-hybridized carbons (Fsp3) is 0.900. The second-order valence-electron chi connectivity index (χ2n) is 6.29. The summed E-state index contributed by atoms with van der Waals surface area (Å²) in [6, 6.07) is 0. The van der Waals surface area contributed by atoms with Gasteiger partial charge in [0, 0.05) is 0 Å². The first-order valence-electron chi connectivity index (χ1n) is 10.7. The van der Waals surface area contributed by atoms with Gasteiger partial charge < -0.3 is 51.2 Å². The minimum atomic E-state index is 0. The van der Waals surface area contributed by atoms with Gasteiger partial charge in [-0.3, -0.25) is 0 Å². The Hall–Kier alpha value is -0.620. The maximum Gasteiger partial charge on any atom is -0.00369 e. The van der Waals surface area contributed by atoms with Crippen LogP contribution in [0.5, 0.6) is 0 Å². The summed E-state index contributed by atoms with van der Waals surface area (Å²) in [4.78, 5) is 0. The number of unbranched alkanes of at least 4 members (excludes halogenated alkanes) is 2. The van der Waals surface area contributed by atoms with Crippen LogP contribution in [0.2, 0.25) is 0 Å². The van der Waals surface area contributed by atoms with Gasteiger partial charge in [0.05, 0.1) is 0 Å². The summed E-state index contributed by atoms with van der Waals surface area (Å²) < 4.78 is 0. The molecule has 0 unspecified atom stereocenters. The van der Waals surface area contributed by atoms with E-state index in [1.54, 1.807) is 6.08 Å². The molecular weight excluding hydrogens is 366 g/mol. The molecule has 0 fully saturated rings. The van der Waals surface area contributed by atoms with Crippen molar-refractivity contribution in [2.45, 2.75) is 51.9 Å². The molecular formula is C20H57N9. The Morgan fingerprint density at radius 2 is 0.724 bits per heavy atom. The van der Waals surface area contributed by atoms with Crippen molar-refractivity contribution in [1.82, 2.24) is 28.3 Å². The summed E-state index contributed by atoms with van der Waals surface area (Å²) in [7, 11) is 0. The molecule has 0 aliphatic rings. The molecule has 0 heterocycles. The van der Waals surface area contributed by atoms with Crippen LogP contribution in [-0.4, -0.2) is 65.4 Å². The molecule has 0 aromatic heterocycles. The van der Waals surface area contributed by atoms with Crippen molar-refractivity contribution in [2.75, 3.05) is 65.4 Å². The van der Waals surface area contributed by atoms with E-state index in [1.807, 2.05) is 6.92 Å². The zero-order valence-corrected chi connectivity index (χ0v) is 19.5. The molecule has 0 saturated heterocycles. The number of allylic oxidation sites excluding steroid dienone is 1. The quantitative estimate of drug-likeness (QED) is 0.113. The summed E-state index contributed by atoms with van der Waals surface area (Å²) in [6.45, 7) is 14.9. The lowest BCUT2D eigenvalue weighted by atomic mass is 10.3. The molecule has 0 bridgehead atoms. The van der Waals surface area contributed by atoms with Gasteiger partial charge in [0.1, 0.15) is 0 Å². The highest BCUT2D eigenvalue weighted by atomic mass is 14.9. The Kier molecular flexibility index (Phi) is 61.6. The van der Waals surface area contributed by atoms with Crippen molar-refractivity contribution < 1.29 is 0 Å². The number of nitrogens with two attached hydrogens (primary N) is 4. The summed E-state index contributed by atoms with van der Waals surface area (Å²) in [5.74, 6) is 0. The van der Waals surface area contributed by atoms with Gasteiger partial charge in [0.2, 0.25) is 0 Å². The third-order valence-electron chi connectivity index (χ3n) is 3.44. The highest BCUT2D eigenvalue weighted by Crippen LogP contribution is 1.85. The lowest BCUT2D eigenvalue weighted by Crippen LogP contribution is -2.22. The van der Waals surface area contributed by atoms with Crippen LogP contribution in [0.1, 0.15) is 51.9 Å². The van der Waals surface area contributed by atoms with E-state index < -0.39 is 0 Å². The number of rotatable bonds is 18. The first-order chi connectivity index (χ1) is 13.2. The van der Waals surface area contributed by atoms with Gasteiger partial charge in [-0.05, 0) is 117 Å². The molecule has 182 valence electrons. The van der Waals surface area contributed by atoms with Gasteiger partial charge in [0.15, 0.2) is 0 Å². The molecule has 0 spiro atoms. The first kappa shape index (κ1) is 38.9. The maximum atomic E-state index is 5.38. The van der Waals surface area contributed by atoms with Crippen LogP contribution in [0.25, 0.3) is 0 Å². The van der Waals surface area contributed by atoms with Crippen LogP contribution >= 0.6 is 0 Å². The van der Waals surface area contributed by atoms with Crippen molar-refractivity contribution in [2.24, 2.45) is 22.9 Å². The molecule has 0 radical (unpaired) electrons. The third-order valence-corrected chi connectivity index (χ3v) is 3.44. The van der Waals surface area contributed by atoms with E-state index in [0.29, 0.717) is 0 Å². The van der Waals surface area contributed by atoms with Gasteiger partial charge >= 0.3 is 0 Å². The van der Waals surface area contributed by atoms with Crippen LogP contribution in [0.15, 0.2) is 12.7 Å². The average Bonchev–Trinajstić information content (AvgIpc) is 2.67. The highest BCUT2D eigenvalue weighted by molar-refractivity contribution is 4.53. The molecule has 0 rings (SSSR count). The van der Waals surface area contributed by atoms with Gasteiger partial charge in [-0.15, -0.1) is 6.58 Å². The van der Waals surface area contributed by atoms with E-state index >= 15 is 0 Å². The summed E-state index contributed by atoms with van der Waals surface area (Å²) in [5.41, 5.74) is 21.4. The van der Waals surface area contributed by atoms with Crippen LogP contribution in [0.3, 0.4) is 0 Å². The first-order valence-corrected chi connectivity index (χ1v) is 10.7. The fourth-order valence-corrected chi connectivity index (χ4v) is 1.95. The number of nitrogens with one attached hydrogen (secondary N) is 3. The van der Waals surface area contributed by atoms with Crippen molar-refractivity contribution in [3.05, 3.63) is 12.7 Å². The predicted molar refractivity (Wildman–Crippen MR) is 133 cm³/mol. The fourth-order valence-electron chi connectivity index (χ4n) is 1.95. The maximum absolute atomic E-state index is 5.38. The Labute approximate surface area is 181 Å². The zero-order valence-electron chi connectivity index (χ0n) is 19.5. The van der Waals surface area contributed by atoms with Crippen molar-refractivity contribution in [3.8, 4) is 0 Å². The molecule has 0 saturated carbocycles. The third kappa shape index (κ3) is 58.4. The lowest BCUT2D eigenvalue weighted by molar-refractivity contribution is 0.570. The topological polar surface area (TPSA) is 210 Å². The van der Waals surface area contributed by atoms with Crippen molar-refractivity contribution in [1.29, 1.82) is 0 Å². The Morgan fingerprint density at radius 1 is 0.517 bits per heavy atom. The minimum Gasteiger partial charge on any atom is -0.344 e. The van der Waals surface area contributed by atoms with Crippen LogP contribution in [0, 0.1) is 0 Å². The number of hydrogen-bond acceptors (Lipinski definition) is 9. The minimum absolute atomic E-state index is 0. The van der Waals surface area contributed by atoms with Gasteiger partial charge in [0.25, 0.3) is 0 Å². The monoisotopic (exact) mass is 423 g/mol. The largest absolute Gasteiger partial charge is 0.344 e. The van der Waals surface area contributed by atoms with E-state index in [4.69, 9.17) is 22.9 Å². The van der Waals surface area contributed by atoms with E-state index in [0.717, 1.165) is 91.1 Å². The average molecular weight is 424 g/mol. The predicted octanol–water partition coefficient (Wildman–Crippen LogP) is 0.823. The Morgan fingerprint density at radius 3 is 0.966 bits per heavy atom. The summed E-state index contributed by atoms with van der Waals surface area (Å²) in [5, 5.41) is 10.0. The van der Waals surface area contributed by atoms with Crippen LogP contribution in [-0.2, 0) is 0 Å². The second-order valence-corrected chi connectivity index (χ2v) is 6.29. The molecule has 9 heteroatoms. The molecule has 0 aliphatic carbocycles. The van der Waals surface area contributed by atoms with Gasteiger partial charge in [-0.2, -0.15) is 0 Å². The summed E-state index contributed by atoms with van der Waals surface area (Å²) in [6.07, 6.45) is 9.75. The van der Waals surface area contributed by atoms with E-state index in [9.17, 15) is 0 Å². The SMILES string of the molecule is C=CC.N.N.NCCCCNCCCN.NCCCNCCCCNCCCN. The molecule has 0 amide bonds. The van der Waals surface area contributed by atoms with Crippen LogP contribution in [0.4, 0.5) is 0 Å². The van der Waals surface area contributed by atoms with Crippen LogP contribution < -0.4 is 51.2 Å². The molecule has 17 N–H and O–H groups in total.